The highest BCUT2D eigenvalue weighted by molar-refractivity contribution is 5.80. The molecule has 2 N–H and O–H groups in total. The maximum Gasteiger partial charge on any atom is 0.310 e. The predicted octanol–water partition coefficient (Wildman–Crippen LogP) is 2.81. The van der Waals surface area contributed by atoms with Gasteiger partial charge in [-0.05, 0) is 37.0 Å². The number of hydrogen-bond acceptors (Lipinski definition) is 4. The Kier molecular flexibility index (Phi) is 7.09. The van der Waals surface area contributed by atoms with Crippen molar-refractivity contribution >= 4 is 11.9 Å². The van der Waals surface area contributed by atoms with E-state index in [9.17, 15) is 14.7 Å². The number of carbonyl (C=O) groups excluding carboxylic acids is 2. The second kappa shape index (κ2) is 9.30. The summed E-state index contributed by atoms with van der Waals surface area (Å²) in [7, 11) is 1.36. The molecule has 0 saturated heterocycles. The van der Waals surface area contributed by atoms with Crippen LogP contribution in [-0.2, 0) is 20.7 Å². The summed E-state index contributed by atoms with van der Waals surface area (Å²) < 4.78 is 4.87. The molecule has 1 aromatic rings. The van der Waals surface area contributed by atoms with Crippen LogP contribution in [0.4, 0.5) is 0 Å². The van der Waals surface area contributed by atoms with Gasteiger partial charge in [0.1, 0.15) is 5.75 Å². The van der Waals surface area contributed by atoms with Crippen LogP contribution in [0, 0.1) is 11.8 Å². The Morgan fingerprint density at radius 2 is 1.79 bits per heavy atom. The first kappa shape index (κ1) is 18.3. The topological polar surface area (TPSA) is 75.6 Å². The van der Waals surface area contributed by atoms with Crippen molar-refractivity contribution in [3.05, 3.63) is 29.8 Å². The molecule has 0 aliphatic heterocycles. The number of rotatable bonds is 6. The van der Waals surface area contributed by atoms with Gasteiger partial charge in [-0.1, -0.05) is 37.8 Å². The van der Waals surface area contributed by atoms with Crippen LogP contribution in [0.25, 0.3) is 0 Å². The number of benzene rings is 1. The van der Waals surface area contributed by atoms with Crippen LogP contribution in [0.3, 0.4) is 0 Å². The summed E-state index contributed by atoms with van der Waals surface area (Å²) in [6.45, 7) is 0.281. The van der Waals surface area contributed by atoms with Crippen LogP contribution >= 0.6 is 0 Å². The van der Waals surface area contributed by atoms with Crippen LogP contribution in [0.5, 0.6) is 5.75 Å². The Morgan fingerprint density at radius 3 is 2.38 bits per heavy atom. The van der Waals surface area contributed by atoms with Gasteiger partial charge in [0.15, 0.2) is 0 Å². The average molecular weight is 333 g/mol. The lowest BCUT2D eigenvalue weighted by Crippen LogP contribution is -2.38. The number of ether oxygens (including phenoxy) is 1. The molecule has 1 saturated carbocycles. The van der Waals surface area contributed by atoms with Gasteiger partial charge >= 0.3 is 5.97 Å². The monoisotopic (exact) mass is 333 g/mol. The van der Waals surface area contributed by atoms with Gasteiger partial charge in [0.05, 0.1) is 13.0 Å². The Morgan fingerprint density at radius 1 is 1.17 bits per heavy atom. The molecule has 0 bridgehead atoms. The van der Waals surface area contributed by atoms with E-state index in [1.54, 1.807) is 24.3 Å². The maximum absolute atomic E-state index is 12.4. The van der Waals surface area contributed by atoms with E-state index >= 15 is 0 Å². The van der Waals surface area contributed by atoms with E-state index in [1.807, 2.05) is 0 Å². The lowest BCUT2D eigenvalue weighted by atomic mass is 9.97. The molecule has 1 aliphatic carbocycles. The van der Waals surface area contributed by atoms with Gasteiger partial charge in [0.2, 0.25) is 5.91 Å². The van der Waals surface area contributed by atoms with Crippen LogP contribution < -0.4 is 5.32 Å². The molecule has 0 spiro atoms. The van der Waals surface area contributed by atoms with Gasteiger partial charge in [0.25, 0.3) is 0 Å². The molecule has 1 aromatic carbocycles. The van der Waals surface area contributed by atoms with Crippen molar-refractivity contribution in [1.82, 2.24) is 5.32 Å². The molecule has 0 aromatic heterocycles. The summed E-state index contributed by atoms with van der Waals surface area (Å²) in [6.07, 6.45) is 6.96. The number of esters is 1. The number of amides is 1. The van der Waals surface area contributed by atoms with Gasteiger partial charge in [-0.3, -0.25) is 9.59 Å². The number of carbonyl (C=O) groups is 2. The fourth-order valence-corrected chi connectivity index (χ4v) is 3.23. The van der Waals surface area contributed by atoms with Gasteiger partial charge in [-0.2, -0.15) is 0 Å². The zero-order chi connectivity index (χ0) is 17.4. The molecule has 2 rings (SSSR count). The minimum Gasteiger partial charge on any atom is -0.508 e. The number of hydrogen-bond donors (Lipinski definition) is 2. The number of aromatic hydroxyl groups is 1. The second-order valence-electron chi connectivity index (χ2n) is 6.52. The van der Waals surface area contributed by atoms with Crippen LogP contribution in [0.1, 0.15) is 44.1 Å². The third-order valence-corrected chi connectivity index (χ3v) is 4.70. The molecule has 5 heteroatoms. The van der Waals surface area contributed by atoms with Crippen LogP contribution in [0.2, 0.25) is 0 Å². The Balaban J connectivity index is 1.91. The van der Waals surface area contributed by atoms with E-state index in [0.29, 0.717) is 6.42 Å². The average Bonchev–Trinajstić information content (AvgIpc) is 2.88. The van der Waals surface area contributed by atoms with Gasteiger partial charge < -0.3 is 15.2 Å². The van der Waals surface area contributed by atoms with Crippen molar-refractivity contribution in [2.75, 3.05) is 13.7 Å². The molecule has 1 unspecified atom stereocenters. The van der Waals surface area contributed by atoms with E-state index < -0.39 is 5.92 Å². The molecular weight excluding hydrogens is 306 g/mol. The van der Waals surface area contributed by atoms with E-state index in [4.69, 9.17) is 4.74 Å². The third-order valence-electron chi connectivity index (χ3n) is 4.70. The lowest BCUT2D eigenvalue weighted by molar-refractivity contribution is -0.145. The molecule has 0 radical (unpaired) electrons. The summed E-state index contributed by atoms with van der Waals surface area (Å²) in [5, 5.41) is 12.3. The van der Waals surface area contributed by atoms with Crippen molar-refractivity contribution in [3.8, 4) is 5.75 Å². The van der Waals surface area contributed by atoms with E-state index in [2.05, 4.69) is 5.32 Å². The molecule has 132 valence electrons. The highest BCUT2D eigenvalue weighted by atomic mass is 16.5. The van der Waals surface area contributed by atoms with E-state index in [0.717, 1.165) is 31.2 Å². The molecule has 1 atom stereocenters. The Bertz CT molecular complexity index is 533. The fraction of sp³-hybridized carbons (Fsp3) is 0.579. The van der Waals surface area contributed by atoms with Gasteiger partial charge in [-0.25, -0.2) is 0 Å². The van der Waals surface area contributed by atoms with Crippen molar-refractivity contribution in [3.63, 3.8) is 0 Å². The molecule has 5 nitrogen and oxygen atoms in total. The Hall–Kier alpha value is -2.04. The first-order valence-electron chi connectivity index (χ1n) is 8.73. The number of phenolic OH excluding ortho intramolecular Hbond substituents is 1. The molecule has 1 fully saturated rings. The highest BCUT2D eigenvalue weighted by Crippen LogP contribution is 2.23. The molecule has 0 heterocycles. The van der Waals surface area contributed by atoms with Gasteiger partial charge in [0, 0.05) is 12.5 Å². The summed E-state index contributed by atoms with van der Waals surface area (Å²) in [5.41, 5.74) is 0.923. The van der Waals surface area contributed by atoms with E-state index in [1.165, 1.54) is 20.0 Å². The summed E-state index contributed by atoms with van der Waals surface area (Å²) in [6, 6.07) is 6.73. The number of phenols is 1. The molecule has 1 amide bonds. The molecular formula is C19H27NO4. The minimum absolute atomic E-state index is 0.0523. The minimum atomic E-state index is -0.422. The predicted molar refractivity (Wildman–Crippen MR) is 91.5 cm³/mol. The zero-order valence-electron chi connectivity index (χ0n) is 14.3. The first-order chi connectivity index (χ1) is 11.6. The third kappa shape index (κ3) is 5.55. The van der Waals surface area contributed by atoms with Crippen molar-refractivity contribution in [2.45, 2.75) is 44.9 Å². The Labute approximate surface area is 143 Å². The maximum atomic E-state index is 12.4. The zero-order valence-corrected chi connectivity index (χ0v) is 14.3. The highest BCUT2D eigenvalue weighted by Gasteiger charge is 2.24. The lowest BCUT2D eigenvalue weighted by Gasteiger charge is -2.18. The van der Waals surface area contributed by atoms with Crippen LogP contribution in [-0.4, -0.2) is 30.6 Å². The molecule has 1 aliphatic rings. The van der Waals surface area contributed by atoms with Crippen molar-refractivity contribution in [1.29, 1.82) is 0 Å². The van der Waals surface area contributed by atoms with Crippen LogP contribution in [0.15, 0.2) is 24.3 Å². The summed E-state index contributed by atoms with van der Waals surface area (Å²) in [5.74, 6) is -0.440. The summed E-state index contributed by atoms with van der Waals surface area (Å²) in [4.78, 5) is 24.4. The SMILES string of the molecule is COC(=O)C(CNC(=O)C1CCCCCC1)Cc1ccc(O)cc1. The first-order valence-corrected chi connectivity index (χ1v) is 8.73. The summed E-state index contributed by atoms with van der Waals surface area (Å²) >= 11 is 0. The second-order valence-corrected chi connectivity index (χ2v) is 6.52. The van der Waals surface area contributed by atoms with E-state index in [-0.39, 0.29) is 30.1 Å². The smallest absolute Gasteiger partial charge is 0.310 e. The number of nitrogens with one attached hydrogen (secondary N) is 1. The number of methoxy groups -OCH3 is 1. The largest absolute Gasteiger partial charge is 0.508 e. The quantitative estimate of drug-likeness (QED) is 0.620. The van der Waals surface area contributed by atoms with Crippen molar-refractivity contribution in [2.24, 2.45) is 11.8 Å². The molecule has 24 heavy (non-hydrogen) atoms. The standard InChI is InChI=1S/C19H27NO4/c1-24-19(23)16(12-14-8-10-17(21)11-9-14)13-20-18(22)15-6-4-2-3-5-7-15/h8-11,15-16,21H,2-7,12-13H2,1H3,(H,20,22). The van der Waals surface area contributed by atoms with Gasteiger partial charge in [-0.15, -0.1) is 0 Å². The normalized spacial score (nSPS) is 16.9. The fourth-order valence-electron chi connectivity index (χ4n) is 3.23. The van der Waals surface area contributed by atoms with Crippen molar-refractivity contribution < 1.29 is 19.4 Å².